The molecule has 1 aromatic rings. The number of guanidine groups is 1. The Bertz CT molecular complexity index is 886. The molecule has 10 heteroatoms. The fraction of sp³-hybridized carbons (Fsp3) is 0.720. The molecule has 3 heterocycles. The van der Waals surface area contributed by atoms with Crippen LogP contribution in [-0.4, -0.2) is 82.5 Å². The number of thiazole rings is 1. The van der Waals surface area contributed by atoms with Crippen molar-refractivity contribution >= 4 is 35.0 Å². The predicted octanol–water partition coefficient (Wildman–Crippen LogP) is 4.43. The lowest BCUT2D eigenvalue weighted by molar-refractivity contribution is -0.138. The molecule has 0 aliphatic carbocycles. The van der Waals surface area contributed by atoms with Crippen LogP contribution in [0.25, 0.3) is 0 Å². The van der Waals surface area contributed by atoms with Gasteiger partial charge in [-0.25, -0.2) is 9.98 Å². The molecule has 1 saturated heterocycles. The molecule has 1 fully saturated rings. The van der Waals surface area contributed by atoms with Gasteiger partial charge in [-0.2, -0.15) is 0 Å². The number of aliphatic carboxylic acids is 1. The lowest BCUT2D eigenvalue weighted by Crippen LogP contribution is -2.44. The molecule has 35 heavy (non-hydrogen) atoms. The van der Waals surface area contributed by atoms with Crippen molar-refractivity contribution in [2.24, 2.45) is 4.99 Å². The standard InChI is InChI=1S/C25H41N5O3S2/c1-5-6-7-8-9-12-29(13-10-19-18-34-24(28-19)35-25(2,3)22(31)32)23-26-15-20(16-27-23)30-14-11-21(17-30)33-4/h15,18,21H,5-14,16-17H2,1-4H3,(H,26,27)(H,31,32). The van der Waals surface area contributed by atoms with Crippen molar-refractivity contribution < 1.29 is 14.6 Å². The van der Waals surface area contributed by atoms with Crippen LogP contribution in [-0.2, 0) is 16.0 Å². The third-order valence-electron chi connectivity index (χ3n) is 6.50. The summed E-state index contributed by atoms with van der Waals surface area (Å²) in [6.45, 7) is 10.1. The molecule has 0 radical (unpaired) electrons. The molecule has 2 aliphatic heterocycles. The molecule has 8 nitrogen and oxygen atoms in total. The van der Waals surface area contributed by atoms with Crippen LogP contribution >= 0.6 is 23.1 Å². The number of unbranched alkanes of at least 4 members (excludes halogenated alkanes) is 4. The van der Waals surface area contributed by atoms with Gasteiger partial charge in [-0.1, -0.05) is 44.4 Å². The van der Waals surface area contributed by atoms with E-state index < -0.39 is 10.7 Å². The number of hydrogen-bond acceptors (Lipinski definition) is 9. The summed E-state index contributed by atoms with van der Waals surface area (Å²) in [7, 11) is 1.79. The minimum atomic E-state index is -0.886. The number of nitrogens with zero attached hydrogens (tertiary/aromatic N) is 4. The Kier molecular flexibility index (Phi) is 10.7. The molecule has 0 bridgehead atoms. The van der Waals surface area contributed by atoms with E-state index in [1.165, 1.54) is 54.5 Å². The Labute approximate surface area is 218 Å². The van der Waals surface area contributed by atoms with Crippen molar-refractivity contribution in [2.75, 3.05) is 39.8 Å². The molecule has 1 atom stereocenters. The smallest absolute Gasteiger partial charge is 0.319 e. The van der Waals surface area contributed by atoms with Crippen molar-refractivity contribution in [1.29, 1.82) is 0 Å². The Morgan fingerprint density at radius 3 is 2.80 bits per heavy atom. The number of methoxy groups -OCH3 is 1. The quantitative estimate of drug-likeness (QED) is 0.273. The highest BCUT2D eigenvalue weighted by atomic mass is 32.2. The summed E-state index contributed by atoms with van der Waals surface area (Å²) in [6, 6.07) is 0. The Morgan fingerprint density at radius 1 is 1.34 bits per heavy atom. The third kappa shape index (κ3) is 8.39. The fourth-order valence-corrected chi connectivity index (χ4v) is 6.38. The van der Waals surface area contributed by atoms with E-state index in [0.717, 1.165) is 61.4 Å². The Morgan fingerprint density at radius 2 is 2.14 bits per heavy atom. The average molecular weight is 524 g/mol. The first-order valence-electron chi connectivity index (χ1n) is 12.7. The molecule has 196 valence electrons. The molecule has 0 amide bonds. The monoisotopic (exact) mass is 523 g/mol. The van der Waals surface area contributed by atoms with E-state index >= 15 is 0 Å². The Hall–Kier alpha value is -1.78. The first-order chi connectivity index (χ1) is 16.8. The second kappa shape index (κ2) is 13.5. The topological polar surface area (TPSA) is 90.3 Å². The summed E-state index contributed by atoms with van der Waals surface area (Å²) in [5, 5.41) is 14.9. The van der Waals surface area contributed by atoms with E-state index in [-0.39, 0.29) is 0 Å². The van der Waals surface area contributed by atoms with Crippen molar-refractivity contribution in [3.8, 4) is 0 Å². The van der Waals surface area contributed by atoms with Gasteiger partial charge in [0.2, 0.25) is 0 Å². The van der Waals surface area contributed by atoms with Crippen molar-refractivity contribution in [3.05, 3.63) is 23.0 Å². The van der Waals surface area contributed by atoms with Crippen LogP contribution in [0.15, 0.2) is 26.6 Å². The zero-order chi connectivity index (χ0) is 25.3. The number of carbonyl (C=O) groups is 1. The largest absolute Gasteiger partial charge is 0.480 e. The number of ether oxygens (including phenoxy) is 1. The summed E-state index contributed by atoms with van der Waals surface area (Å²) < 4.78 is 5.43. The third-order valence-corrected chi connectivity index (χ3v) is 8.67. The number of carboxylic acid groups (broad SMARTS) is 1. The van der Waals surface area contributed by atoms with E-state index in [0.29, 0.717) is 12.6 Å². The molecule has 2 aliphatic rings. The van der Waals surface area contributed by atoms with Crippen LogP contribution in [0.2, 0.25) is 0 Å². The van der Waals surface area contributed by atoms with Gasteiger partial charge in [-0.05, 0) is 26.7 Å². The van der Waals surface area contributed by atoms with Crippen LogP contribution in [0, 0.1) is 0 Å². The van der Waals surface area contributed by atoms with Crippen molar-refractivity contribution in [3.63, 3.8) is 0 Å². The number of hydrogen-bond donors (Lipinski definition) is 2. The first-order valence-corrected chi connectivity index (χ1v) is 14.4. The van der Waals surface area contributed by atoms with Crippen LogP contribution in [0.5, 0.6) is 0 Å². The minimum absolute atomic E-state index is 0.308. The van der Waals surface area contributed by atoms with Gasteiger partial charge in [0.15, 0.2) is 10.3 Å². The number of rotatable bonds is 14. The predicted molar refractivity (Wildman–Crippen MR) is 144 cm³/mol. The number of aliphatic imine (C=N–C) groups is 1. The van der Waals surface area contributed by atoms with E-state index in [4.69, 9.17) is 14.7 Å². The van der Waals surface area contributed by atoms with Crippen molar-refractivity contribution in [2.45, 2.75) is 80.9 Å². The molecule has 1 aromatic heterocycles. The highest BCUT2D eigenvalue weighted by molar-refractivity contribution is 8.02. The normalized spacial score (nSPS) is 18.3. The number of aromatic nitrogens is 1. The Balaban J connectivity index is 1.57. The maximum absolute atomic E-state index is 11.4. The highest BCUT2D eigenvalue weighted by Crippen LogP contribution is 2.34. The summed E-state index contributed by atoms with van der Waals surface area (Å²) in [4.78, 5) is 25.7. The summed E-state index contributed by atoms with van der Waals surface area (Å²) in [5.74, 6) is 0.109. The van der Waals surface area contributed by atoms with Crippen LogP contribution in [0.3, 0.4) is 0 Å². The lowest BCUT2D eigenvalue weighted by Gasteiger charge is -2.30. The van der Waals surface area contributed by atoms with Crippen LogP contribution in [0.1, 0.15) is 65.0 Å². The number of thioether (sulfide) groups is 1. The second-order valence-electron chi connectivity index (χ2n) is 9.69. The highest BCUT2D eigenvalue weighted by Gasteiger charge is 2.30. The van der Waals surface area contributed by atoms with Gasteiger partial charge >= 0.3 is 5.97 Å². The van der Waals surface area contributed by atoms with Gasteiger partial charge in [0.25, 0.3) is 0 Å². The molecule has 1 unspecified atom stereocenters. The number of carboxylic acids is 1. The van der Waals surface area contributed by atoms with Crippen molar-refractivity contribution in [1.82, 2.24) is 20.1 Å². The van der Waals surface area contributed by atoms with Crippen LogP contribution < -0.4 is 5.32 Å². The minimum Gasteiger partial charge on any atom is -0.480 e. The number of likely N-dealkylation sites (tertiary alicyclic amines) is 1. The summed E-state index contributed by atoms with van der Waals surface area (Å²) >= 11 is 2.83. The SMILES string of the molecule is CCCCCCCN(CCc1csc(SC(C)(C)C(=O)O)n1)C1=NCC(N2CCC(OC)C2)=CN1. The lowest BCUT2D eigenvalue weighted by atomic mass is 10.1. The summed E-state index contributed by atoms with van der Waals surface area (Å²) in [5.41, 5.74) is 2.23. The maximum atomic E-state index is 11.4. The number of nitrogens with one attached hydrogen (secondary N) is 1. The van der Waals surface area contributed by atoms with E-state index in [2.05, 4.69) is 28.2 Å². The molecular formula is C25H41N5O3S2. The van der Waals surface area contributed by atoms with Gasteiger partial charge in [-0.15, -0.1) is 11.3 Å². The molecule has 3 rings (SSSR count). The van der Waals surface area contributed by atoms with Gasteiger partial charge < -0.3 is 25.0 Å². The average Bonchev–Trinajstić information content (AvgIpc) is 3.50. The molecule has 0 aromatic carbocycles. The van der Waals surface area contributed by atoms with Gasteiger partial charge in [-0.3, -0.25) is 4.79 Å². The molecular weight excluding hydrogens is 482 g/mol. The molecule has 2 N–H and O–H groups in total. The second-order valence-corrected chi connectivity index (χ2v) is 12.4. The van der Waals surface area contributed by atoms with Gasteiger partial charge in [0.1, 0.15) is 4.75 Å². The van der Waals surface area contributed by atoms with E-state index in [9.17, 15) is 9.90 Å². The molecule has 0 saturated carbocycles. The first kappa shape index (κ1) is 27.8. The van der Waals surface area contributed by atoms with E-state index in [1.54, 1.807) is 21.0 Å². The summed E-state index contributed by atoms with van der Waals surface area (Å²) in [6.07, 6.45) is 10.5. The van der Waals surface area contributed by atoms with Gasteiger partial charge in [0.05, 0.1) is 24.0 Å². The molecule has 0 spiro atoms. The zero-order valence-electron chi connectivity index (χ0n) is 21.6. The fourth-order valence-electron chi connectivity index (χ4n) is 4.15. The van der Waals surface area contributed by atoms with E-state index in [1.807, 2.05) is 5.38 Å². The van der Waals surface area contributed by atoms with Crippen LogP contribution in [0.4, 0.5) is 0 Å². The van der Waals surface area contributed by atoms with Gasteiger partial charge in [0, 0.05) is 51.3 Å². The maximum Gasteiger partial charge on any atom is 0.319 e. The zero-order valence-corrected chi connectivity index (χ0v) is 23.2.